The fourth-order valence-electron chi connectivity index (χ4n) is 3.83. The third-order valence-corrected chi connectivity index (χ3v) is 5.44. The van der Waals surface area contributed by atoms with Crippen LogP contribution in [-0.2, 0) is 0 Å². The van der Waals surface area contributed by atoms with Crippen molar-refractivity contribution in [3.8, 4) is 16.9 Å². The van der Waals surface area contributed by atoms with Crippen molar-refractivity contribution in [1.82, 2.24) is 0 Å². The van der Waals surface area contributed by atoms with E-state index in [4.69, 9.17) is 4.74 Å². The minimum atomic E-state index is -0.431. The van der Waals surface area contributed by atoms with Crippen molar-refractivity contribution in [3.63, 3.8) is 0 Å². The standard InChI is InChI=1S/C24H23N3O4/c1-16-12-13-26(22-9-4-3-8-21(22)25-16)24(28)18-10-11-20(23(15-18)31-2)17-6-5-7-19(14-17)27(29)30/h3-11,14-16,25H,12-13H2,1-2H3/t16-/m0/s1. The number of nitro benzene ring substituents is 1. The molecule has 31 heavy (non-hydrogen) atoms. The molecule has 0 spiro atoms. The molecular formula is C24H23N3O4. The van der Waals surface area contributed by atoms with E-state index in [2.05, 4.69) is 12.2 Å². The van der Waals surface area contributed by atoms with Crippen molar-refractivity contribution in [1.29, 1.82) is 0 Å². The third kappa shape index (κ3) is 4.07. The van der Waals surface area contributed by atoms with Gasteiger partial charge in [-0.25, -0.2) is 0 Å². The molecule has 0 radical (unpaired) electrons. The highest BCUT2D eigenvalue weighted by atomic mass is 16.6. The van der Waals surface area contributed by atoms with Gasteiger partial charge in [0.25, 0.3) is 11.6 Å². The first-order chi connectivity index (χ1) is 15.0. The number of non-ortho nitro benzene ring substituents is 1. The fourth-order valence-corrected chi connectivity index (χ4v) is 3.83. The van der Waals surface area contributed by atoms with E-state index in [9.17, 15) is 14.9 Å². The maximum absolute atomic E-state index is 13.4. The van der Waals surface area contributed by atoms with Crippen LogP contribution >= 0.6 is 0 Å². The molecule has 3 aromatic carbocycles. The lowest BCUT2D eigenvalue weighted by Crippen LogP contribution is -2.32. The Bertz CT molecular complexity index is 1150. The lowest BCUT2D eigenvalue weighted by molar-refractivity contribution is -0.384. The molecule has 0 aliphatic carbocycles. The lowest BCUT2D eigenvalue weighted by atomic mass is 10.0. The summed E-state index contributed by atoms with van der Waals surface area (Å²) in [7, 11) is 1.53. The highest BCUT2D eigenvalue weighted by molar-refractivity contribution is 6.08. The Kier molecular flexibility index (Phi) is 5.58. The molecule has 0 bridgehead atoms. The van der Waals surface area contributed by atoms with Crippen LogP contribution in [0.2, 0.25) is 0 Å². The van der Waals surface area contributed by atoms with Crippen LogP contribution in [0.3, 0.4) is 0 Å². The first kappa shape index (κ1) is 20.4. The number of anilines is 2. The lowest BCUT2D eigenvalue weighted by Gasteiger charge is -2.23. The van der Waals surface area contributed by atoms with Gasteiger partial charge in [0.1, 0.15) is 5.75 Å². The number of benzene rings is 3. The van der Waals surface area contributed by atoms with Crippen LogP contribution in [0.15, 0.2) is 66.7 Å². The van der Waals surface area contributed by atoms with Gasteiger partial charge < -0.3 is 15.0 Å². The Morgan fingerprint density at radius 3 is 2.71 bits per heavy atom. The van der Waals surface area contributed by atoms with E-state index >= 15 is 0 Å². The molecule has 3 aromatic rings. The number of carbonyl (C=O) groups is 1. The molecule has 0 unspecified atom stereocenters. The predicted octanol–water partition coefficient (Wildman–Crippen LogP) is 5.12. The smallest absolute Gasteiger partial charge is 0.270 e. The van der Waals surface area contributed by atoms with Crippen LogP contribution in [0, 0.1) is 10.1 Å². The number of hydrogen-bond acceptors (Lipinski definition) is 5. The van der Waals surface area contributed by atoms with Crippen LogP contribution < -0.4 is 15.0 Å². The van der Waals surface area contributed by atoms with Crippen molar-refractivity contribution in [2.75, 3.05) is 23.9 Å². The summed E-state index contributed by atoms with van der Waals surface area (Å²) in [6.45, 7) is 2.70. The van der Waals surface area contributed by atoms with E-state index < -0.39 is 4.92 Å². The van der Waals surface area contributed by atoms with Gasteiger partial charge in [0, 0.05) is 35.8 Å². The molecule has 1 heterocycles. The van der Waals surface area contributed by atoms with Crippen LogP contribution in [0.4, 0.5) is 17.1 Å². The first-order valence-corrected chi connectivity index (χ1v) is 10.1. The summed E-state index contributed by atoms with van der Waals surface area (Å²) >= 11 is 0. The molecule has 0 saturated heterocycles. The molecule has 1 aliphatic rings. The fraction of sp³-hybridized carbons (Fsp3) is 0.208. The highest BCUT2D eigenvalue weighted by Gasteiger charge is 2.25. The van der Waals surface area contributed by atoms with Crippen LogP contribution in [-0.4, -0.2) is 30.5 Å². The van der Waals surface area contributed by atoms with Gasteiger partial charge in [-0.05, 0) is 49.2 Å². The minimum absolute atomic E-state index is 0.00231. The summed E-state index contributed by atoms with van der Waals surface area (Å²) in [6.07, 6.45) is 0.823. The summed E-state index contributed by atoms with van der Waals surface area (Å²) < 4.78 is 5.54. The Morgan fingerprint density at radius 2 is 1.94 bits per heavy atom. The number of rotatable bonds is 4. The maximum atomic E-state index is 13.4. The number of fused-ring (bicyclic) bond motifs is 1. The average molecular weight is 417 g/mol. The normalized spacial score (nSPS) is 15.4. The largest absolute Gasteiger partial charge is 0.496 e. The Balaban J connectivity index is 1.71. The molecule has 0 aromatic heterocycles. The van der Waals surface area contributed by atoms with Gasteiger partial charge in [-0.1, -0.05) is 24.3 Å². The van der Waals surface area contributed by atoms with Gasteiger partial charge in [-0.2, -0.15) is 0 Å². The molecule has 1 N–H and O–H groups in total. The van der Waals surface area contributed by atoms with E-state index in [1.54, 1.807) is 35.2 Å². The number of nitrogens with zero attached hydrogens (tertiary/aromatic N) is 2. The zero-order valence-electron chi connectivity index (χ0n) is 17.4. The van der Waals surface area contributed by atoms with Crippen molar-refractivity contribution in [2.45, 2.75) is 19.4 Å². The number of methoxy groups -OCH3 is 1. The predicted molar refractivity (Wildman–Crippen MR) is 121 cm³/mol. The second-order valence-electron chi connectivity index (χ2n) is 7.53. The number of ether oxygens (including phenoxy) is 1. The number of carbonyl (C=O) groups excluding carboxylic acids is 1. The van der Waals surface area contributed by atoms with Gasteiger partial charge in [-0.15, -0.1) is 0 Å². The summed E-state index contributed by atoms with van der Waals surface area (Å²) in [6, 6.07) is 19.6. The van der Waals surface area contributed by atoms with Gasteiger partial charge in [0.05, 0.1) is 23.4 Å². The molecule has 0 fully saturated rings. The minimum Gasteiger partial charge on any atom is -0.496 e. The Labute approximate surface area is 180 Å². The Morgan fingerprint density at radius 1 is 1.13 bits per heavy atom. The molecule has 1 atom stereocenters. The second kappa shape index (κ2) is 8.47. The molecule has 0 saturated carbocycles. The molecule has 7 nitrogen and oxygen atoms in total. The number of nitro groups is 1. The van der Waals surface area contributed by atoms with E-state index in [1.807, 2.05) is 24.3 Å². The second-order valence-corrected chi connectivity index (χ2v) is 7.53. The van der Waals surface area contributed by atoms with Gasteiger partial charge >= 0.3 is 0 Å². The van der Waals surface area contributed by atoms with Crippen LogP contribution in [0.25, 0.3) is 11.1 Å². The highest BCUT2D eigenvalue weighted by Crippen LogP contribution is 2.35. The van der Waals surface area contributed by atoms with Crippen LogP contribution in [0.1, 0.15) is 23.7 Å². The molecule has 1 amide bonds. The summed E-state index contributed by atoms with van der Waals surface area (Å²) in [5, 5.41) is 14.6. The number of hydrogen-bond donors (Lipinski definition) is 1. The Hall–Kier alpha value is -3.87. The van der Waals surface area contributed by atoms with Crippen molar-refractivity contribution in [3.05, 3.63) is 82.4 Å². The zero-order chi connectivity index (χ0) is 22.0. The van der Waals surface area contributed by atoms with E-state index in [1.165, 1.54) is 19.2 Å². The summed E-state index contributed by atoms with van der Waals surface area (Å²) in [5.74, 6) is 0.369. The SMILES string of the molecule is COc1cc(C(=O)N2CC[C@H](C)Nc3ccccc32)ccc1-c1cccc([N+](=O)[O-])c1. The topological polar surface area (TPSA) is 84.7 Å². The zero-order valence-corrected chi connectivity index (χ0v) is 17.4. The van der Waals surface area contributed by atoms with Gasteiger partial charge in [0.15, 0.2) is 0 Å². The van der Waals surface area contributed by atoms with Gasteiger partial charge in [0.2, 0.25) is 0 Å². The summed E-state index contributed by atoms with van der Waals surface area (Å²) in [4.78, 5) is 25.9. The van der Waals surface area contributed by atoms with E-state index in [0.29, 0.717) is 29.0 Å². The quantitative estimate of drug-likeness (QED) is 0.470. The molecule has 7 heteroatoms. The number of para-hydroxylation sites is 2. The monoisotopic (exact) mass is 417 g/mol. The average Bonchev–Trinajstić information content (AvgIpc) is 2.96. The van der Waals surface area contributed by atoms with Crippen molar-refractivity contribution in [2.24, 2.45) is 0 Å². The maximum Gasteiger partial charge on any atom is 0.270 e. The molecule has 4 rings (SSSR count). The van der Waals surface area contributed by atoms with E-state index in [0.717, 1.165) is 17.8 Å². The van der Waals surface area contributed by atoms with E-state index in [-0.39, 0.29) is 17.6 Å². The third-order valence-electron chi connectivity index (χ3n) is 5.44. The first-order valence-electron chi connectivity index (χ1n) is 10.1. The summed E-state index contributed by atoms with van der Waals surface area (Å²) in [5.41, 5.74) is 3.62. The molecular weight excluding hydrogens is 394 g/mol. The number of nitrogens with one attached hydrogen (secondary N) is 1. The van der Waals surface area contributed by atoms with Crippen molar-refractivity contribution < 1.29 is 14.5 Å². The number of amides is 1. The van der Waals surface area contributed by atoms with Crippen molar-refractivity contribution >= 4 is 23.0 Å². The molecule has 158 valence electrons. The van der Waals surface area contributed by atoms with Crippen LogP contribution in [0.5, 0.6) is 5.75 Å². The van der Waals surface area contributed by atoms with Gasteiger partial charge in [-0.3, -0.25) is 14.9 Å². The molecule has 1 aliphatic heterocycles.